The molecule has 1 aliphatic rings. The summed E-state index contributed by atoms with van der Waals surface area (Å²) in [7, 11) is 2.27. The number of nitrogens with one attached hydrogen (secondary N) is 1. The third-order valence-electron chi connectivity index (χ3n) is 4.29. The van der Waals surface area contributed by atoms with Crippen LogP contribution in [0.4, 0.5) is 0 Å². The van der Waals surface area contributed by atoms with E-state index in [9.17, 15) is 0 Å². The summed E-state index contributed by atoms with van der Waals surface area (Å²) in [6.45, 7) is 15.3. The van der Waals surface area contributed by atoms with Gasteiger partial charge in [-0.3, -0.25) is 4.90 Å². The standard InChI is InChI=1S/C16H35N3/c1-6-15(12-17-11-14(3)4)19-10-8-9-18(5)13-16(19)7-2/h14-17H,6-13H2,1-5H3. The average molecular weight is 269 g/mol. The molecule has 1 saturated heterocycles. The van der Waals surface area contributed by atoms with Crippen LogP contribution in [0.25, 0.3) is 0 Å². The van der Waals surface area contributed by atoms with E-state index in [1.165, 1.54) is 38.9 Å². The van der Waals surface area contributed by atoms with Gasteiger partial charge in [-0.1, -0.05) is 27.7 Å². The molecule has 0 aromatic carbocycles. The number of nitrogens with zero attached hydrogens (tertiary/aromatic N) is 2. The zero-order valence-electron chi connectivity index (χ0n) is 13.8. The van der Waals surface area contributed by atoms with Gasteiger partial charge >= 0.3 is 0 Å². The van der Waals surface area contributed by atoms with Crippen molar-refractivity contribution in [3.8, 4) is 0 Å². The Balaban J connectivity index is 2.55. The number of rotatable bonds is 7. The average Bonchev–Trinajstić information content (AvgIpc) is 2.56. The summed E-state index contributed by atoms with van der Waals surface area (Å²) in [5.41, 5.74) is 0. The van der Waals surface area contributed by atoms with E-state index in [-0.39, 0.29) is 0 Å². The largest absolute Gasteiger partial charge is 0.315 e. The van der Waals surface area contributed by atoms with Gasteiger partial charge in [0.15, 0.2) is 0 Å². The van der Waals surface area contributed by atoms with Gasteiger partial charge in [0.2, 0.25) is 0 Å². The molecule has 0 aromatic rings. The minimum Gasteiger partial charge on any atom is -0.315 e. The van der Waals surface area contributed by atoms with Gasteiger partial charge in [0, 0.05) is 31.7 Å². The van der Waals surface area contributed by atoms with Crippen LogP contribution >= 0.6 is 0 Å². The quantitative estimate of drug-likeness (QED) is 0.766. The summed E-state index contributed by atoms with van der Waals surface area (Å²) >= 11 is 0. The summed E-state index contributed by atoms with van der Waals surface area (Å²) < 4.78 is 0. The van der Waals surface area contributed by atoms with Crippen LogP contribution in [0.3, 0.4) is 0 Å². The van der Waals surface area contributed by atoms with E-state index in [4.69, 9.17) is 0 Å². The second-order valence-electron chi connectivity index (χ2n) is 6.53. The summed E-state index contributed by atoms with van der Waals surface area (Å²) in [5.74, 6) is 0.745. The highest BCUT2D eigenvalue weighted by Crippen LogP contribution is 2.17. The maximum atomic E-state index is 3.65. The molecule has 0 spiro atoms. The van der Waals surface area contributed by atoms with Crippen LogP contribution in [0.1, 0.15) is 47.0 Å². The topological polar surface area (TPSA) is 18.5 Å². The van der Waals surface area contributed by atoms with Gasteiger partial charge in [-0.25, -0.2) is 0 Å². The van der Waals surface area contributed by atoms with Crippen molar-refractivity contribution >= 4 is 0 Å². The second kappa shape index (κ2) is 8.93. The van der Waals surface area contributed by atoms with Crippen LogP contribution in [0, 0.1) is 5.92 Å². The van der Waals surface area contributed by atoms with Crippen molar-refractivity contribution in [2.75, 3.05) is 39.8 Å². The summed E-state index contributed by atoms with van der Waals surface area (Å²) in [6.07, 6.45) is 3.84. The third-order valence-corrected chi connectivity index (χ3v) is 4.29. The van der Waals surface area contributed by atoms with E-state index < -0.39 is 0 Å². The first-order chi connectivity index (χ1) is 9.08. The van der Waals surface area contributed by atoms with Crippen molar-refractivity contribution < 1.29 is 0 Å². The van der Waals surface area contributed by atoms with Crippen LogP contribution < -0.4 is 5.32 Å². The van der Waals surface area contributed by atoms with Crippen molar-refractivity contribution in [1.82, 2.24) is 15.1 Å². The highest BCUT2D eigenvalue weighted by molar-refractivity contribution is 4.84. The summed E-state index contributed by atoms with van der Waals surface area (Å²) in [6, 6.07) is 1.44. The Bertz CT molecular complexity index is 230. The molecule has 19 heavy (non-hydrogen) atoms. The van der Waals surface area contributed by atoms with Gasteiger partial charge in [-0.05, 0) is 45.3 Å². The molecule has 1 rings (SSSR count). The Hall–Kier alpha value is -0.120. The lowest BCUT2D eigenvalue weighted by Gasteiger charge is -2.37. The predicted molar refractivity (Wildman–Crippen MR) is 84.7 cm³/mol. The molecule has 1 aliphatic heterocycles. The second-order valence-corrected chi connectivity index (χ2v) is 6.53. The van der Waals surface area contributed by atoms with Crippen LogP contribution in [-0.4, -0.2) is 61.7 Å². The summed E-state index contributed by atoms with van der Waals surface area (Å²) in [5, 5.41) is 3.65. The molecule has 0 saturated carbocycles. The zero-order chi connectivity index (χ0) is 14.3. The lowest BCUT2D eigenvalue weighted by atomic mass is 10.1. The molecule has 0 radical (unpaired) electrons. The maximum Gasteiger partial charge on any atom is 0.0223 e. The monoisotopic (exact) mass is 269 g/mol. The van der Waals surface area contributed by atoms with Gasteiger partial charge in [0.05, 0.1) is 0 Å². The number of hydrogen-bond acceptors (Lipinski definition) is 3. The van der Waals surface area contributed by atoms with Crippen molar-refractivity contribution in [1.29, 1.82) is 0 Å². The Morgan fingerprint density at radius 3 is 2.47 bits per heavy atom. The van der Waals surface area contributed by atoms with E-state index in [1.54, 1.807) is 0 Å². The molecule has 114 valence electrons. The highest BCUT2D eigenvalue weighted by atomic mass is 15.3. The lowest BCUT2D eigenvalue weighted by molar-refractivity contribution is 0.122. The van der Waals surface area contributed by atoms with Crippen LogP contribution in [0.2, 0.25) is 0 Å². The Labute approximate surface area is 120 Å². The van der Waals surface area contributed by atoms with Crippen molar-refractivity contribution in [2.45, 2.75) is 59.0 Å². The highest BCUT2D eigenvalue weighted by Gasteiger charge is 2.26. The molecule has 1 fully saturated rings. The van der Waals surface area contributed by atoms with Gasteiger partial charge in [0.1, 0.15) is 0 Å². The molecule has 3 heteroatoms. The number of likely N-dealkylation sites (N-methyl/N-ethyl adjacent to an activating group) is 1. The zero-order valence-corrected chi connectivity index (χ0v) is 13.8. The van der Waals surface area contributed by atoms with E-state index in [2.05, 4.69) is 49.9 Å². The predicted octanol–water partition coefficient (Wildman–Crippen LogP) is 2.43. The Morgan fingerprint density at radius 1 is 1.16 bits per heavy atom. The van der Waals surface area contributed by atoms with Gasteiger partial charge < -0.3 is 10.2 Å². The van der Waals surface area contributed by atoms with E-state index in [0.29, 0.717) is 6.04 Å². The molecule has 0 bridgehead atoms. The molecule has 0 aromatic heterocycles. The van der Waals surface area contributed by atoms with E-state index in [1.807, 2.05) is 0 Å². The minimum atomic E-state index is 0.704. The van der Waals surface area contributed by atoms with Crippen LogP contribution in [-0.2, 0) is 0 Å². The maximum absolute atomic E-state index is 3.65. The van der Waals surface area contributed by atoms with E-state index >= 15 is 0 Å². The molecular formula is C16H35N3. The molecule has 0 aliphatic carbocycles. The molecular weight excluding hydrogens is 234 g/mol. The molecule has 2 atom stereocenters. The van der Waals surface area contributed by atoms with Crippen LogP contribution in [0.5, 0.6) is 0 Å². The fourth-order valence-electron chi connectivity index (χ4n) is 3.14. The summed E-state index contributed by atoms with van der Waals surface area (Å²) in [4.78, 5) is 5.28. The lowest BCUT2D eigenvalue weighted by Crippen LogP contribution is -2.49. The molecule has 1 N–H and O–H groups in total. The first-order valence-corrected chi connectivity index (χ1v) is 8.23. The Kier molecular flexibility index (Phi) is 7.96. The van der Waals surface area contributed by atoms with Crippen molar-refractivity contribution in [3.63, 3.8) is 0 Å². The number of hydrogen-bond donors (Lipinski definition) is 1. The molecule has 1 heterocycles. The van der Waals surface area contributed by atoms with Crippen molar-refractivity contribution in [2.24, 2.45) is 5.92 Å². The smallest absolute Gasteiger partial charge is 0.0223 e. The SMILES string of the molecule is CCC(CNCC(C)C)N1CCCN(C)CC1CC. The fourth-order valence-corrected chi connectivity index (χ4v) is 3.14. The first kappa shape index (κ1) is 16.9. The molecule has 3 nitrogen and oxygen atoms in total. The molecule has 0 amide bonds. The van der Waals surface area contributed by atoms with Gasteiger partial charge in [0.25, 0.3) is 0 Å². The molecule has 2 unspecified atom stereocenters. The van der Waals surface area contributed by atoms with E-state index in [0.717, 1.165) is 25.0 Å². The van der Waals surface area contributed by atoms with Gasteiger partial charge in [-0.2, -0.15) is 0 Å². The van der Waals surface area contributed by atoms with Gasteiger partial charge in [-0.15, -0.1) is 0 Å². The fraction of sp³-hybridized carbons (Fsp3) is 1.00. The first-order valence-electron chi connectivity index (χ1n) is 8.23. The Morgan fingerprint density at radius 2 is 1.89 bits per heavy atom. The van der Waals surface area contributed by atoms with Crippen LogP contribution in [0.15, 0.2) is 0 Å². The van der Waals surface area contributed by atoms with Crippen molar-refractivity contribution in [3.05, 3.63) is 0 Å². The minimum absolute atomic E-state index is 0.704. The normalized spacial score (nSPS) is 24.6. The third kappa shape index (κ3) is 5.80.